The topological polar surface area (TPSA) is 108 Å². The van der Waals surface area contributed by atoms with Crippen molar-refractivity contribution in [3.05, 3.63) is 29.3 Å². The molecule has 0 aromatic heterocycles. The number of rotatable bonds is 11. The van der Waals surface area contributed by atoms with Gasteiger partial charge >= 0.3 is 6.09 Å². The number of carbonyl (C=O) groups excluding carboxylic acids is 3. The molecule has 3 N–H and O–H groups in total. The van der Waals surface area contributed by atoms with E-state index in [0.29, 0.717) is 29.7 Å². The van der Waals surface area contributed by atoms with Gasteiger partial charge in [-0.15, -0.1) is 0 Å². The Labute approximate surface area is 214 Å². The van der Waals surface area contributed by atoms with Crippen LogP contribution in [0.3, 0.4) is 0 Å². The normalized spacial score (nSPS) is 14.1. The maximum Gasteiger partial charge on any atom is 0.408 e. The first-order valence-corrected chi connectivity index (χ1v) is 13.5. The van der Waals surface area contributed by atoms with Gasteiger partial charge in [0, 0.05) is 17.6 Å². The Morgan fingerprint density at radius 2 is 1.77 bits per heavy atom. The fourth-order valence-electron chi connectivity index (χ4n) is 3.60. The summed E-state index contributed by atoms with van der Waals surface area (Å²) >= 11 is 1.56. The minimum atomic E-state index is -1.07. The van der Waals surface area contributed by atoms with Crippen LogP contribution in [0, 0.1) is 6.92 Å². The van der Waals surface area contributed by atoms with E-state index in [4.69, 9.17) is 4.74 Å². The third-order valence-corrected chi connectivity index (χ3v) is 6.08. The van der Waals surface area contributed by atoms with Crippen molar-refractivity contribution in [1.82, 2.24) is 15.5 Å². The zero-order chi connectivity index (χ0) is 26.9. The van der Waals surface area contributed by atoms with Crippen LogP contribution in [0.5, 0.6) is 5.75 Å². The SMILES string of the molecule is CCC(C)N(C(=O)C(CCSC)NC(=O)OC(C)(C)C)C(C(=O)NC(C)C)c1cccc(C)c1O. The molecule has 0 saturated heterocycles. The molecule has 0 spiro atoms. The number of benzene rings is 1. The maximum atomic E-state index is 14.0. The predicted molar refractivity (Wildman–Crippen MR) is 142 cm³/mol. The number of para-hydroxylation sites is 1. The third kappa shape index (κ3) is 9.28. The Bertz CT molecular complexity index is 869. The number of nitrogens with zero attached hydrogens (tertiary/aromatic N) is 1. The van der Waals surface area contributed by atoms with E-state index in [1.165, 1.54) is 4.90 Å². The van der Waals surface area contributed by atoms with Gasteiger partial charge in [0.1, 0.15) is 23.4 Å². The molecular weight excluding hydrogens is 466 g/mol. The van der Waals surface area contributed by atoms with Crippen LogP contribution in [0.2, 0.25) is 0 Å². The van der Waals surface area contributed by atoms with Gasteiger partial charge in [-0.3, -0.25) is 9.59 Å². The molecular formula is C26H43N3O5S. The lowest BCUT2D eigenvalue weighted by atomic mass is 9.96. The Kier molecular flexibility index (Phi) is 11.9. The van der Waals surface area contributed by atoms with Crippen LogP contribution < -0.4 is 10.6 Å². The molecule has 35 heavy (non-hydrogen) atoms. The molecule has 0 radical (unpaired) electrons. The molecule has 1 aromatic rings. The summed E-state index contributed by atoms with van der Waals surface area (Å²) in [5.74, 6) is -0.197. The first-order valence-electron chi connectivity index (χ1n) is 12.1. The summed E-state index contributed by atoms with van der Waals surface area (Å²) in [6.07, 6.45) is 2.17. The molecule has 0 aliphatic rings. The lowest BCUT2D eigenvalue weighted by Crippen LogP contribution is -2.56. The van der Waals surface area contributed by atoms with Gasteiger partial charge in [-0.05, 0) is 78.9 Å². The predicted octanol–water partition coefficient (Wildman–Crippen LogP) is 4.54. The first kappa shape index (κ1) is 30.6. The van der Waals surface area contributed by atoms with Gasteiger partial charge in [0.2, 0.25) is 11.8 Å². The standard InChI is InChI=1S/C26H43N3O5S/c1-10-18(5)29(24(32)20(14-15-35-9)28-25(33)34-26(6,7)8)21(23(31)27-16(2)3)19-13-11-12-17(4)22(19)30/h11-13,16,18,20-21,30H,10,14-15H2,1-9H3,(H,27,31)(H,28,33). The Hall–Kier alpha value is -2.42. The molecule has 0 fully saturated rings. The van der Waals surface area contributed by atoms with Gasteiger partial charge in [-0.1, -0.05) is 25.1 Å². The zero-order valence-electron chi connectivity index (χ0n) is 22.6. The molecule has 0 saturated carbocycles. The van der Waals surface area contributed by atoms with Crippen molar-refractivity contribution in [3.63, 3.8) is 0 Å². The summed E-state index contributed by atoms with van der Waals surface area (Å²) in [5.41, 5.74) is 0.227. The van der Waals surface area contributed by atoms with Crippen LogP contribution in [0.15, 0.2) is 18.2 Å². The van der Waals surface area contributed by atoms with E-state index >= 15 is 0 Å². The van der Waals surface area contributed by atoms with Crippen molar-refractivity contribution in [3.8, 4) is 5.75 Å². The third-order valence-electron chi connectivity index (χ3n) is 5.44. The molecule has 0 aliphatic heterocycles. The van der Waals surface area contributed by atoms with E-state index in [1.54, 1.807) is 57.7 Å². The fourth-order valence-corrected chi connectivity index (χ4v) is 4.07. The molecule has 3 amide bonds. The molecule has 8 nitrogen and oxygen atoms in total. The van der Waals surface area contributed by atoms with Crippen LogP contribution in [0.25, 0.3) is 0 Å². The number of amides is 3. The molecule has 1 aromatic carbocycles. The van der Waals surface area contributed by atoms with Crippen LogP contribution in [0.4, 0.5) is 4.79 Å². The second kappa shape index (κ2) is 13.6. The highest BCUT2D eigenvalue weighted by molar-refractivity contribution is 7.98. The average molecular weight is 510 g/mol. The summed E-state index contributed by atoms with van der Waals surface area (Å²) < 4.78 is 5.40. The average Bonchev–Trinajstić information content (AvgIpc) is 2.74. The number of thioether (sulfide) groups is 1. The number of aryl methyl sites for hydroxylation is 1. The summed E-state index contributed by atoms with van der Waals surface area (Å²) in [6, 6.07) is 2.68. The molecule has 0 aliphatic carbocycles. The zero-order valence-corrected chi connectivity index (χ0v) is 23.4. The van der Waals surface area contributed by atoms with Crippen LogP contribution >= 0.6 is 11.8 Å². The lowest BCUT2D eigenvalue weighted by Gasteiger charge is -2.38. The van der Waals surface area contributed by atoms with Crippen molar-refractivity contribution >= 4 is 29.7 Å². The van der Waals surface area contributed by atoms with Gasteiger partial charge in [-0.2, -0.15) is 11.8 Å². The molecule has 9 heteroatoms. The highest BCUT2D eigenvalue weighted by atomic mass is 32.2. The van der Waals surface area contributed by atoms with Crippen molar-refractivity contribution in [2.45, 2.75) is 98.0 Å². The van der Waals surface area contributed by atoms with Gasteiger partial charge in [0.25, 0.3) is 0 Å². The summed E-state index contributed by atoms with van der Waals surface area (Å²) in [6.45, 7) is 14.5. The van der Waals surface area contributed by atoms with Crippen LogP contribution in [0.1, 0.15) is 78.5 Å². The fraction of sp³-hybridized carbons (Fsp3) is 0.654. The first-order chi connectivity index (χ1) is 16.2. The van der Waals surface area contributed by atoms with E-state index in [-0.39, 0.29) is 17.8 Å². The quantitative estimate of drug-likeness (QED) is 0.404. The van der Waals surface area contributed by atoms with E-state index < -0.39 is 35.6 Å². The van der Waals surface area contributed by atoms with E-state index in [9.17, 15) is 19.5 Å². The molecule has 0 heterocycles. The smallest absolute Gasteiger partial charge is 0.408 e. The minimum Gasteiger partial charge on any atom is -0.507 e. The van der Waals surface area contributed by atoms with E-state index in [0.717, 1.165) is 0 Å². The van der Waals surface area contributed by atoms with Gasteiger partial charge in [-0.25, -0.2) is 4.79 Å². The molecule has 0 bridgehead atoms. The van der Waals surface area contributed by atoms with Crippen LogP contribution in [-0.4, -0.2) is 63.6 Å². The second-order valence-electron chi connectivity index (χ2n) is 10.1. The number of alkyl carbamates (subject to hydrolysis) is 1. The van der Waals surface area contributed by atoms with E-state index in [2.05, 4.69) is 10.6 Å². The Morgan fingerprint density at radius 3 is 2.29 bits per heavy atom. The van der Waals surface area contributed by atoms with E-state index in [1.807, 2.05) is 34.0 Å². The summed E-state index contributed by atoms with van der Waals surface area (Å²) in [4.78, 5) is 41.6. The second-order valence-corrected chi connectivity index (χ2v) is 11.0. The number of aromatic hydroxyl groups is 1. The molecule has 3 atom stereocenters. The maximum absolute atomic E-state index is 14.0. The summed E-state index contributed by atoms with van der Waals surface area (Å²) in [7, 11) is 0. The van der Waals surface area contributed by atoms with Crippen LogP contribution in [-0.2, 0) is 14.3 Å². The number of carbonyl (C=O) groups is 3. The number of nitrogens with one attached hydrogen (secondary N) is 2. The van der Waals surface area contributed by atoms with Gasteiger partial charge < -0.3 is 25.4 Å². The minimum absolute atomic E-state index is 0.0294. The number of hydrogen-bond acceptors (Lipinski definition) is 6. The molecule has 198 valence electrons. The Balaban J connectivity index is 3.57. The number of ether oxygens (including phenoxy) is 1. The summed E-state index contributed by atoms with van der Waals surface area (Å²) in [5, 5.41) is 16.5. The van der Waals surface area contributed by atoms with Crippen molar-refractivity contribution in [2.24, 2.45) is 0 Å². The van der Waals surface area contributed by atoms with Crippen molar-refractivity contribution in [2.75, 3.05) is 12.0 Å². The highest BCUT2D eigenvalue weighted by Crippen LogP contribution is 2.34. The number of phenols is 1. The van der Waals surface area contributed by atoms with Gasteiger partial charge in [0.15, 0.2) is 0 Å². The monoisotopic (exact) mass is 509 g/mol. The van der Waals surface area contributed by atoms with Crippen molar-refractivity contribution < 1.29 is 24.2 Å². The molecule has 3 unspecified atom stereocenters. The number of hydrogen-bond donors (Lipinski definition) is 3. The highest BCUT2D eigenvalue weighted by Gasteiger charge is 2.39. The lowest BCUT2D eigenvalue weighted by molar-refractivity contribution is -0.145. The Morgan fingerprint density at radius 1 is 1.14 bits per heavy atom. The molecule has 1 rings (SSSR count). The largest absolute Gasteiger partial charge is 0.507 e. The number of phenolic OH excluding ortho intramolecular Hbond substituents is 1. The van der Waals surface area contributed by atoms with Crippen molar-refractivity contribution in [1.29, 1.82) is 0 Å². The van der Waals surface area contributed by atoms with Gasteiger partial charge in [0.05, 0.1) is 0 Å².